The number of likely N-dealkylation sites (tertiary alicyclic amines) is 1. The lowest BCUT2D eigenvalue weighted by molar-refractivity contribution is -0.393. The van der Waals surface area contributed by atoms with Crippen molar-refractivity contribution in [1.29, 1.82) is 0 Å². The summed E-state index contributed by atoms with van der Waals surface area (Å²) in [4.78, 5) is 19.7. The van der Waals surface area contributed by atoms with Crippen LogP contribution < -0.4 is 0 Å². The standard InChI is InChI=1S/C14H18N4O2/c1-10(17-8-3-2-4-9-17)11-6-5-7-12-13(11)16-14(15-12)18(19)20/h5-7,10H,2-4,8-9H2,1H3,(H,15,16). The number of hydrogen-bond acceptors (Lipinski definition) is 4. The van der Waals surface area contributed by atoms with E-state index in [-0.39, 0.29) is 12.0 Å². The van der Waals surface area contributed by atoms with Crippen molar-refractivity contribution in [2.24, 2.45) is 0 Å². The first-order chi connectivity index (χ1) is 9.66. The lowest BCUT2D eigenvalue weighted by Crippen LogP contribution is -2.32. The van der Waals surface area contributed by atoms with E-state index in [9.17, 15) is 10.1 Å². The maximum Gasteiger partial charge on any atom is 0.433 e. The van der Waals surface area contributed by atoms with Gasteiger partial charge < -0.3 is 10.1 Å². The second kappa shape index (κ2) is 5.20. The molecule has 1 fully saturated rings. The monoisotopic (exact) mass is 274 g/mol. The van der Waals surface area contributed by atoms with Crippen molar-refractivity contribution in [2.75, 3.05) is 13.1 Å². The van der Waals surface area contributed by atoms with Crippen molar-refractivity contribution in [2.45, 2.75) is 32.2 Å². The molecule has 0 bridgehead atoms. The van der Waals surface area contributed by atoms with Gasteiger partial charge in [-0.1, -0.05) is 23.5 Å². The number of nitro groups is 1. The summed E-state index contributed by atoms with van der Waals surface area (Å²) in [5.41, 5.74) is 2.54. The van der Waals surface area contributed by atoms with Crippen molar-refractivity contribution in [3.63, 3.8) is 0 Å². The van der Waals surface area contributed by atoms with Gasteiger partial charge in [-0.3, -0.25) is 4.90 Å². The number of fused-ring (bicyclic) bond motifs is 1. The molecule has 20 heavy (non-hydrogen) atoms. The number of nitrogens with one attached hydrogen (secondary N) is 1. The van der Waals surface area contributed by atoms with Crippen LogP contribution in [0.1, 0.15) is 37.8 Å². The second-order valence-corrected chi connectivity index (χ2v) is 5.33. The van der Waals surface area contributed by atoms with Gasteiger partial charge in [0.2, 0.25) is 0 Å². The van der Waals surface area contributed by atoms with Gasteiger partial charge in [-0.15, -0.1) is 0 Å². The Morgan fingerprint density at radius 2 is 2.10 bits per heavy atom. The zero-order valence-corrected chi connectivity index (χ0v) is 11.5. The summed E-state index contributed by atoms with van der Waals surface area (Å²) in [6, 6.07) is 6.01. The van der Waals surface area contributed by atoms with E-state index in [0.29, 0.717) is 5.52 Å². The minimum atomic E-state index is -0.477. The molecule has 1 atom stereocenters. The van der Waals surface area contributed by atoms with Crippen LogP contribution in [0, 0.1) is 10.1 Å². The summed E-state index contributed by atoms with van der Waals surface area (Å²) in [6.45, 7) is 4.34. The van der Waals surface area contributed by atoms with E-state index in [0.717, 1.165) is 24.2 Å². The van der Waals surface area contributed by atoms with Gasteiger partial charge in [0.15, 0.2) is 5.52 Å². The van der Waals surface area contributed by atoms with Crippen LogP contribution in [0.15, 0.2) is 18.2 Å². The van der Waals surface area contributed by atoms with Crippen molar-refractivity contribution in [1.82, 2.24) is 14.9 Å². The van der Waals surface area contributed by atoms with Crippen molar-refractivity contribution in [3.05, 3.63) is 33.9 Å². The molecular formula is C14H18N4O2. The van der Waals surface area contributed by atoms with Crippen LogP contribution in [0.25, 0.3) is 11.0 Å². The molecule has 1 aromatic carbocycles. The summed E-state index contributed by atoms with van der Waals surface area (Å²) in [6.07, 6.45) is 3.75. The number of piperidine rings is 1. The van der Waals surface area contributed by atoms with Crippen molar-refractivity contribution in [3.8, 4) is 0 Å². The SMILES string of the molecule is CC(c1cccc2nc([N+](=O)[O-])[nH]c12)N1CCCCC1. The number of hydrogen-bond donors (Lipinski definition) is 1. The van der Waals surface area contributed by atoms with Gasteiger partial charge in [-0.2, -0.15) is 0 Å². The number of imidazole rings is 1. The van der Waals surface area contributed by atoms with Crippen molar-refractivity contribution >= 4 is 17.0 Å². The molecule has 0 radical (unpaired) electrons. The Morgan fingerprint density at radius 3 is 2.80 bits per heavy atom. The highest BCUT2D eigenvalue weighted by Gasteiger charge is 2.23. The number of aromatic amines is 1. The Morgan fingerprint density at radius 1 is 1.35 bits per heavy atom. The molecule has 2 aromatic rings. The average molecular weight is 274 g/mol. The second-order valence-electron chi connectivity index (χ2n) is 5.33. The maximum absolute atomic E-state index is 10.9. The minimum Gasteiger partial charge on any atom is -0.390 e. The van der Waals surface area contributed by atoms with Crippen LogP contribution in [0.5, 0.6) is 0 Å². The molecule has 6 nitrogen and oxygen atoms in total. The lowest BCUT2D eigenvalue weighted by atomic mass is 10.0. The van der Waals surface area contributed by atoms with Crippen molar-refractivity contribution < 1.29 is 4.92 Å². The normalized spacial score (nSPS) is 18.2. The highest BCUT2D eigenvalue weighted by Crippen LogP contribution is 2.29. The molecule has 2 heterocycles. The van der Waals surface area contributed by atoms with Crippen LogP contribution in [-0.4, -0.2) is 32.9 Å². The van der Waals surface area contributed by atoms with Crippen LogP contribution in [0.3, 0.4) is 0 Å². The predicted octanol–water partition coefficient (Wildman–Crippen LogP) is 3.02. The number of H-pyrrole nitrogens is 1. The molecule has 0 spiro atoms. The summed E-state index contributed by atoms with van der Waals surface area (Å²) in [5.74, 6) is -0.182. The molecule has 3 rings (SSSR count). The topological polar surface area (TPSA) is 75.1 Å². The molecule has 0 saturated carbocycles. The van der Waals surface area contributed by atoms with E-state index in [1.165, 1.54) is 19.3 Å². The number of rotatable bonds is 3. The summed E-state index contributed by atoms with van der Waals surface area (Å²) in [7, 11) is 0. The van der Waals surface area contributed by atoms with E-state index in [2.05, 4.69) is 21.8 Å². The smallest absolute Gasteiger partial charge is 0.390 e. The van der Waals surface area contributed by atoms with E-state index < -0.39 is 4.92 Å². The van der Waals surface area contributed by atoms with Crippen LogP contribution in [0.2, 0.25) is 0 Å². The quantitative estimate of drug-likeness (QED) is 0.689. The maximum atomic E-state index is 10.9. The van der Waals surface area contributed by atoms with Gasteiger partial charge in [-0.05, 0) is 43.8 Å². The fraction of sp³-hybridized carbons (Fsp3) is 0.500. The number of nitrogens with zero attached hydrogens (tertiary/aromatic N) is 3. The molecule has 0 amide bonds. The Balaban J connectivity index is 1.99. The molecular weight excluding hydrogens is 256 g/mol. The molecule has 0 aliphatic carbocycles. The summed E-state index contributed by atoms with van der Waals surface area (Å²) in [5, 5.41) is 10.9. The summed E-state index contributed by atoms with van der Waals surface area (Å²) < 4.78 is 0. The molecule has 106 valence electrons. The van der Waals surface area contributed by atoms with Gasteiger partial charge in [0.1, 0.15) is 5.52 Å². The predicted molar refractivity (Wildman–Crippen MR) is 76.6 cm³/mol. The first kappa shape index (κ1) is 13.1. The van der Waals surface area contributed by atoms with E-state index in [1.54, 1.807) is 0 Å². The lowest BCUT2D eigenvalue weighted by Gasteiger charge is -2.32. The van der Waals surface area contributed by atoms with E-state index >= 15 is 0 Å². The van der Waals surface area contributed by atoms with Crippen LogP contribution in [0.4, 0.5) is 5.95 Å². The minimum absolute atomic E-state index is 0.182. The first-order valence-corrected chi connectivity index (χ1v) is 7.04. The fourth-order valence-corrected chi connectivity index (χ4v) is 2.98. The molecule has 1 aliphatic heterocycles. The Bertz CT molecular complexity index is 631. The average Bonchev–Trinajstić information content (AvgIpc) is 2.91. The van der Waals surface area contributed by atoms with Gasteiger partial charge >= 0.3 is 5.95 Å². The molecule has 1 N–H and O–H groups in total. The zero-order chi connectivity index (χ0) is 14.1. The highest BCUT2D eigenvalue weighted by atomic mass is 16.6. The fourth-order valence-electron chi connectivity index (χ4n) is 2.98. The molecule has 1 aliphatic rings. The molecule has 1 unspecified atom stereocenters. The van der Waals surface area contributed by atoms with E-state index in [1.807, 2.05) is 18.2 Å². The van der Waals surface area contributed by atoms with Crippen LogP contribution >= 0.6 is 0 Å². The third-order valence-electron chi connectivity index (χ3n) is 4.10. The molecule has 1 aromatic heterocycles. The largest absolute Gasteiger partial charge is 0.433 e. The van der Waals surface area contributed by atoms with Gasteiger partial charge in [0, 0.05) is 11.6 Å². The number of para-hydroxylation sites is 1. The Kier molecular flexibility index (Phi) is 3.40. The Labute approximate surface area is 117 Å². The molecule has 1 saturated heterocycles. The number of aromatic nitrogens is 2. The van der Waals surface area contributed by atoms with Crippen LogP contribution in [-0.2, 0) is 0 Å². The zero-order valence-electron chi connectivity index (χ0n) is 11.5. The first-order valence-electron chi connectivity index (χ1n) is 7.04. The third kappa shape index (κ3) is 2.27. The highest BCUT2D eigenvalue weighted by molar-refractivity contribution is 5.80. The molecule has 6 heteroatoms. The van der Waals surface area contributed by atoms with Gasteiger partial charge in [0.05, 0.1) is 0 Å². The summed E-state index contributed by atoms with van der Waals surface area (Å²) >= 11 is 0. The third-order valence-corrected chi connectivity index (χ3v) is 4.10. The Hall–Kier alpha value is -1.95. The van der Waals surface area contributed by atoms with Gasteiger partial charge in [-0.25, -0.2) is 4.98 Å². The van der Waals surface area contributed by atoms with E-state index in [4.69, 9.17) is 0 Å². The van der Waals surface area contributed by atoms with Gasteiger partial charge in [0.25, 0.3) is 0 Å². The number of benzene rings is 1.